The summed E-state index contributed by atoms with van der Waals surface area (Å²) in [6, 6.07) is 7.00. The fourth-order valence-corrected chi connectivity index (χ4v) is 1.60. The van der Waals surface area contributed by atoms with Gasteiger partial charge >= 0.3 is 0 Å². The van der Waals surface area contributed by atoms with E-state index in [0.717, 1.165) is 6.07 Å². The number of hydrogen-bond donors (Lipinski definition) is 0. The van der Waals surface area contributed by atoms with E-state index >= 15 is 0 Å². The van der Waals surface area contributed by atoms with Gasteiger partial charge in [0.1, 0.15) is 6.07 Å². The van der Waals surface area contributed by atoms with Gasteiger partial charge < -0.3 is 0 Å². The molecule has 0 atom stereocenters. The quantitative estimate of drug-likeness (QED) is 0.776. The molecule has 0 amide bonds. The van der Waals surface area contributed by atoms with Crippen molar-refractivity contribution in [1.29, 1.82) is 5.26 Å². The van der Waals surface area contributed by atoms with Crippen molar-refractivity contribution in [3.63, 3.8) is 0 Å². The van der Waals surface area contributed by atoms with Crippen LogP contribution in [0, 0.1) is 23.0 Å². The molecule has 0 fully saturated rings. The smallest absolute Gasteiger partial charge is 0.166 e. The van der Waals surface area contributed by atoms with Crippen molar-refractivity contribution in [2.45, 2.75) is 0 Å². The Morgan fingerprint density at radius 3 is 2.71 bits per heavy atom. The molecule has 1 aromatic heterocycles. The zero-order valence-corrected chi connectivity index (χ0v) is 9.17. The third kappa shape index (κ3) is 2.10. The Labute approximate surface area is 101 Å². The fraction of sp³-hybridized carbons (Fsp3) is 0. The molecule has 2 aromatic rings. The van der Waals surface area contributed by atoms with Crippen LogP contribution in [0.5, 0.6) is 0 Å². The summed E-state index contributed by atoms with van der Waals surface area (Å²) in [7, 11) is 0. The first-order valence-electron chi connectivity index (χ1n) is 4.63. The zero-order chi connectivity index (χ0) is 12.4. The van der Waals surface area contributed by atoms with E-state index in [1.807, 2.05) is 0 Å². The van der Waals surface area contributed by atoms with Crippen molar-refractivity contribution >= 4 is 11.6 Å². The van der Waals surface area contributed by atoms with Crippen LogP contribution in [0.4, 0.5) is 8.78 Å². The Bertz CT molecular complexity index is 620. The number of nitriles is 1. The van der Waals surface area contributed by atoms with Gasteiger partial charge in [-0.15, -0.1) is 0 Å². The summed E-state index contributed by atoms with van der Waals surface area (Å²) in [6.45, 7) is 0. The first kappa shape index (κ1) is 11.5. The lowest BCUT2D eigenvalue weighted by Gasteiger charge is -2.04. The van der Waals surface area contributed by atoms with Gasteiger partial charge in [0.25, 0.3) is 0 Å². The molecule has 0 saturated heterocycles. The number of nitrogens with zero attached hydrogens (tertiary/aromatic N) is 2. The van der Waals surface area contributed by atoms with Crippen molar-refractivity contribution in [2.24, 2.45) is 0 Å². The highest BCUT2D eigenvalue weighted by Gasteiger charge is 2.11. The molecule has 0 aliphatic heterocycles. The van der Waals surface area contributed by atoms with Crippen molar-refractivity contribution in [3.05, 3.63) is 52.8 Å². The highest BCUT2D eigenvalue weighted by atomic mass is 35.5. The number of halogens is 3. The number of benzene rings is 1. The maximum absolute atomic E-state index is 13.5. The van der Waals surface area contributed by atoms with Crippen LogP contribution < -0.4 is 0 Å². The second-order valence-electron chi connectivity index (χ2n) is 3.27. The number of aromatic nitrogens is 1. The molecule has 0 unspecified atom stereocenters. The minimum atomic E-state index is -0.963. The van der Waals surface area contributed by atoms with Gasteiger partial charge in [-0.1, -0.05) is 23.7 Å². The van der Waals surface area contributed by atoms with Crippen LogP contribution in [0.25, 0.3) is 11.1 Å². The third-order valence-electron chi connectivity index (χ3n) is 2.21. The highest BCUT2D eigenvalue weighted by molar-refractivity contribution is 6.31. The standard InChI is InChI=1S/C12H5ClF2N2/c13-9-4-7(6-17-11(9)5-16)8-2-1-3-10(14)12(8)15/h1-4,6H. The van der Waals surface area contributed by atoms with E-state index in [-0.39, 0.29) is 16.3 Å². The second kappa shape index (κ2) is 4.48. The van der Waals surface area contributed by atoms with Crippen LogP contribution in [0.2, 0.25) is 5.02 Å². The molecule has 0 bridgehead atoms. The van der Waals surface area contributed by atoms with Gasteiger partial charge in [0, 0.05) is 17.3 Å². The van der Waals surface area contributed by atoms with Crippen molar-refractivity contribution < 1.29 is 8.78 Å². The summed E-state index contributed by atoms with van der Waals surface area (Å²) in [5, 5.41) is 8.75. The van der Waals surface area contributed by atoms with Crippen LogP contribution >= 0.6 is 11.6 Å². The average Bonchev–Trinajstić information content (AvgIpc) is 2.32. The van der Waals surface area contributed by atoms with Crippen molar-refractivity contribution in [3.8, 4) is 17.2 Å². The van der Waals surface area contributed by atoms with Gasteiger partial charge in [0.05, 0.1) is 5.02 Å². The van der Waals surface area contributed by atoms with Gasteiger partial charge in [-0.3, -0.25) is 0 Å². The van der Waals surface area contributed by atoms with Gasteiger partial charge in [-0.2, -0.15) is 5.26 Å². The minimum absolute atomic E-state index is 0.0484. The molecule has 17 heavy (non-hydrogen) atoms. The number of hydrogen-bond acceptors (Lipinski definition) is 2. The average molecular weight is 251 g/mol. The molecule has 0 spiro atoms. The summed E-state index contributed by atoms with van der Waals surface area (Å²) in [6.07, 6.45) is 1.28. The SMILES string of the molecule is N#Cc1ncc(-c2cccc(F)c2F)cc1Cl. The maximum atomic E-state index is 13.5. The first-order valence-corrected chi connectivity index (χ1v) is 5.01. The molecule has 0 aliphatic carbocycles. The third-order valence-corrected chi connectivity index (χ3v) is 2.50. The molecule has 2 rings (SSSR count). The monoisotopic (exact) mass is 250 g/mol. The Balaban J connectivity index is 2.59. The largest absolute Gasteiger partial charge is 0.243 e. The van der Waals surface area contributed by atoms with E-state index in [9.17, 15) is 8.78 Å². The highest BCUT2D eigenvalue weighted by Crippen LogP contribution is 2.26. The molecule has 0 radical (unpaired) electrons. The van der Waals surface area contributed by atoms with Gasteiger partial charge in [0.15, 0.2) is 17.3 Å². The molecule has 84 valence electrons. The van der Waals surface area contributed by atoms with Crippen molar-refractivity contribution in [1.82, 2.24) is 4.98 Å². The summed E-state index contributed by atoms with van der Waals surface area (Å²) in [5.41, 5.74) is 0.433. The van der Waals surface area contributed by atoms with Gasteiger partial charge in [-0.25, -0.2) is 13.8 Å². The van der Waals surface area contributed by atoms with Gasteiger partial charge in [0.2, 0.25) is 0 Å². The Morgan fingerprint density at radius 2 is 2.06 bits per heavy atom. The first-order chi connectivity index (χ1) is 8.13. The summed E-state index contributed by atoms with van der Waals surface area (Å²) < 4.78 is 26.5. The van der Waals surface area contributed by atoms with Crippen LogP contribution in [-0.4, -0.2) is 4.98 Å². The fourth-order valence-electron chi connectivity index (χ4n) is 1.39. The van der Waals surface area contributed by atoms with E-state index in [1.54, 1.807) is 6.07 Å². The van der Waals surface area contributed by atoms with E-state index in [1.165, 1.54) is 24.4 Å². The lowest BCUT2D eigenvalue weighted by Crippen LogP contribution is -1.91. The molecular weight excluding hydrogens is 246 g/mol. The Hall–Kier alpha value is -1.99. The molecule has 2 nitrogen and oxygen atoms in total. The summed E-state index contributed by atoms with van der Waals surface area (Å²) >= 11 is 5.77. The lowest BCUT2D eigenvalue weighted by atomic mass is 10.1. The minimum Gasteiger partial charge on any atom is -0.243 e. The molecule has 0 aliphatic rings. The van der Waals surface area contributed by atoms with Crippen molar-refractivity contribution in [2.75, 3.05) is 0 Å². The number of pyridine rings is 1. The van der Waals surface area contributed by atoms with Crippen LogP contribution in [-0.2, 0) is 0 Å². The normalized spacial score (nSPS) is 10.0. The zero-order valence-electron chi connectivity index (χ0n) is 8.42. The molecule has 1 heterocycles. The second-order valence-corrected chi connectivity index (χ2v) is 3.67. The summed E-state index contributed by atoms with van der Waals surface area (Å²) in [4.78, 5) is 3.76. The molecular formula is C12H5ClF2N2. The molecule has 0 saturated carbocycles. The molecule has 5 heteroatoms. The predicted molar refractivity (Wildman–Crippen MR) is 59.3 cm³/mol. The van der Waals surface area contributed by atoms with E-state index in [0.29, 0.717) is 5.56 Å². The Morgan fingerprint density at radius 1 is 1.29 bits per heavy atom. The van der Waals surface area contributed by atoms with E-state index in [2.05, 4.69) is 4.98 Å². The summed E-state index contributed by atoms with van der Waals surface area (Å²) in [5.74, 6) is -1.90. The van der Waals surface area contributed by atoms with Crippen LogP contribution in [0.15, 0.2) is 30.5 Å². The van der Waals surface area contributed by atoms with E-state index < -0.39 is 11.6 Å². The molecule has 1 aromatic carbocycles. The van der Waals surface area contributed by atoms with Gasteiger partial charge in [-0.05, 0) is 12.1 Å². The maximum Gasteiger partial charge on any atom is 0.166 e. The predicted octanol–water partition coefficient (Wildman–Crippen LogP) is 3.55. The van der Waals surface area contributed by atoms with Crippen LogP contribution in [0.3, 0.4) is 0 Å². The molecule has 0 N–H and O–H groups in total. The Kier molecular flexibility index (Phi) is 3.03. The topological polar surface area (TPSA) is 36.7 Å². The lowest BCUT2D eigenvalue weighted by molar-refractivity contribution is 0.511. The van der Waals surface area contributed by atoms with Crippen LogP contribution in [0.1, 0.15) is 5.69 Å². The number of rotatable bonds is 1. The van der Waals surface area contributed by atoms with E-state index in [4.69, 9.17) is 16.9 Å².